The van der Waals surface area contributed by atoms with Gasteiger partial charge in [-0.1, -0.05) is 6.42 Å². The molecule has 0 spiro atoms. The maximum Gasteiger partial charge on any atom is 0.419 e. The zero-order valence-corrected chi connectivity index (χ0v) is 15.4. The lowest BCUT2D eigenvalue weighted by Gasteiger charge is -2.28. The minimum atomic E-state index is -4.51. The highest BCUT2D eigenvalue weighted by molar-refractivity contribution is 5.31. The molecule has 0 saturated heterocycles. The summed E-state index contributed by atoms with van der Waals surface area (Å²) >= 11 is 0. The molecule has 1 aliphatic carbocycles. The first-order chi connectivity index (χ1) is 14.2. The summed E-state index contributed by atoms with van der Waals surface area (Å²) in [6.45, 7) is -3.05. The van der Waals surface area contributed by atoms with Crippen molar-refractivity contribution in [1.82, 2.24) is 29.1 Å². The number of alkyl halides is 5. The number of anilines is 1. The van der Waals surface area contributed by atoms with Crippen molar-refractivity contribution in [2.24, 2.45) is 0 Å². The standard InChI is InChI=1S/C17H16F5N7O/c18-14(19)29-12(30)4-5-28-13(26-27-16(28)29)9-2-1-3-11(6-9)25-15-23-7-10(8-24-15)17(20,21)22/h4-5,7-9,11,14H,1-3,6H2,(H,23,24,25)/t9-,11+/m0/s1. The second kappa shape index (κ2) is 7.61. The first-order valence-corrected chi connectivity index (χ1v) is 9.14. The number of hydrogen-bond donors (Lipinski definition) is 1. The molecule has 0 aliphatic heterocycles. The van der Waals surface area contributed by atoms with Crippen LogP contribution in [-0.4, -0.2) is 35.2 Å². The van der Waals surface area contributed by atoms with Gasteiger partial charge in [0.05, 0.1) is 5.56 Å². The van der Waals surface area contributed by atoms with Crippen LogP contribution < -0.4 is 10.9 Å². The van der Waals surface area contributed by atoms with Gasteiger partial charge in [-0.2, -0.15) is 22.0 Å². The molecule has 13 heteroatoms. The van der Waals surface area contributed by atoms with E-state index in [0.29, 0.717) is 24.6 Å². The zero-order valence-electron chi connectivity index (χ0n) is 15.4. The molecule has 0 bridgehead atoms. The van der Waals surface area contributed by atoms with Gasteiger partial charge in [-0.25, -0.2) is 14.5 Å². The van der Waals surface area contributed by atoms with Crippen molar-refractivity contribution in [3.05, 3.63) is 46.4 Å². The van der Waals surface area contributed by atoms with E-state index in [9.17, 15) is 26.7 Å². The molecule has 3 aromatic rings. The predicted octanol–water partition coefficient (Wildman–Crippen LogP) is 3.23. The lowest BCUT2D eigenvalue weighted by molar-refractivity contribution is -0.138. The van der Waals surface area contributed by atoms with Gasteiger partial charge in [-0.15, -0.1) is 10.2 Å². The molecule has 160 valence electrons. The molecule has 30 heavy (non-hydrogen) atoms. The van der Waals surface area contributed by atoms with E-state index in [4.69, 9.17) is 0 Å². The molecule has 2 atom stereocenters. The molecule has 1 fully saturated rings. The largest absolute Gasteiger partial charge is 0.419 e. The molecule has 8 nitrogen and oxygen atoms in total. The SMILES string of the molecule is O=c1ccn2c([C@H]3CCC[C@@H](Nc4ncc(C(F)(F)F)cn4)C3)nnc2n1C(F)F. The van der Waals surface area contributed by atoms with E-state index in [2.05, 4.69) is 25.5 Å². The minimum absolute atomic E-state index is 0.0753. The van der Waals surface area contributed by atoms with Crippen molar-refractivity contribution in [1.29, 1.82) is 0 Å². The van der Waals surface area contributed by atoms with Crippen LogP contribution in [0.15, 0.2) is 29.5 Å². The molecule has 1 aliphatic rings. The van der Waals surface area contributed by atoms with E-state index >= 15 is 0 Å². The van der Waals surface area contributed by atoms with Crippen LogP contribution in [0.2, 0.25) is 0 Å². The molecule has 3 heterocycles. The smallest absolute Gasteiger partial charge is 0.351 e. The van der Waals surface area contributed by atoms with Crippen molar-refractivity contribution in [3.63, 3.8) is 0 Å². The summed E-state index contributed by atoms with van der Waals surface area (Å²) in [7, 11) is 0. The highest BCUT2D eigenvalue weighted by Gasteiger charge is 2.32. The molecule has 3 aromatic heterocycles. The summed E-state index contributed by atoms with van der Waals surface area (Å²) in [5.74, 6) is 0.128. The Morgan fingerprint density at radius 3 is 2.53 bits per heavy atom. The van der Waals surface area contributed by atoms with Crippen molar-refractivity contribution < 1.29 is 22.0 Å². The van der Waals surface area contributed by atoms with Gasteiger partial charge in [0.1, 0.15) is 5.82 Å². The Bertz CT molecular complexity index is 1090. The Labute approximate surface area is 165 Å². The lowest BCUT2D eigenvalue weighted by Crippen LogP contribution is -2.28. The van der Waals surface area contributed by atoms with Crippen LogP contribution in [0, 0.1) is 0 Å². The zero-order chi connectivity index (χ0) is 21.5. The molecular formula is C17H16F5N7O. The predicted molar refractivity (Wildman–Crippen MR) is 94.2 cm³/mol. The number of aromatic nitrogens is 6. The van der Waals surface area contributed by atoms with E-state index in [-0.39, 0.29) is 28.3 Å². The highest BCUT2D eigenvalue weighted by Crippen LogP contribution is 2.33. The number of hydrogen-bond acceptors (Lipinski definition) is 6. The van der Waals surface area contributed by atoms with Gasteiger partial charge in [0.25, 0.3) is 5.56 Å². The quantitative estimate of drug-likeness (QED) is 0.641. The Morgan fingerprint density at radius 2 is 1.87 bits per heavy atom. The highest BCUT2D eigenvalue weighted by atomic mass is 19.4. The van der Waals surface area contributed by atoms with Gasteiger partial charge in [0.15, 0.2) is 0 Å². The number of nitrogens with zero attached hydrogens (tertiary/aromatic N) is 6. The number of halogens is 5. The lowest BCUT2D eigenvalue weighted by atomic mass is 9.85. The Balaban J connectivity index is 1.53. The van der Waals surface area contributed by atoms with Crippen molar-refractivity contribution in [2.45, 2.75) is 50.4 Å². The van der Waals surface area contributed by atoms with Crippen molar-refractivity contribution in [3.8, 4) is 0 Å². The topological polar surface area (TPSA) is 90.0 Å². The monoisotopic (exact) mass is 429 g/mol. The van der Waals surface area contributed by atoms with Gasteiger partial charge in [-0.3, -0.25) is 9.20 Å². The van der Waals surface area contributed by atoms with Crippen LogP contribution in [-0.2, 0) is 6.18 Å². The summed E-state index contributed by atoms with van der Waals surface area (Å²) in [6.07, 6.45) is 1.03. The van der Waals surface area contributed by atoms with Crippen LogP contribution in [0.25, 0.3) is 5.78 Å². The second-order valence-corrected chi connectivity index (χ2v) is 7.03. The molecule has 0 amide bonds. The van der Waals surface area contributed by atoms with Gasteiger partial charge >= 0.3 is 12.7 Å². The molecule has 4 rings (SSSR count). The number of fused-ring (bicyclic) bond motifs is 1. The van der Waals surface area contributed by atoms with E-state index in [1.165, 1.54) is 10.6 Å². The molecular weight excluding hydrogens is 413 g/mol. The van der Waals surface area contributed by atoms with Crippen LogP contribution in [0.3, 0.4) is 0 Å². The van der Waals surface area contributed by atoms with E-state index < -0.39 is 23.8 Å². The molecule has 0 radical (unpaired) electrons. The van der Waals surface area contributed by atoms with Gasteiger partial charge in [-0.05, 0) is 19.3 Å². The van der Waals surface area contributed by atoms with E-state index in [1.807, 2.05) is 0 Å². The maximum atomic E-state index is 13.2. The van der Waals surface area contributed by atoms with Crippen LogP contribution in [0.5, 0.6) is 0 Å². The Morgan fingerprint density at radius 1 is 1.13 bits per heavy atom. The fourth-order valence-electron chi connectivity index (χ4n) is 3.67. The van der Waals surface area contributed by atoms with Crippen LogP contribution >= 0.6 is 0 Å². The Hall–Kier alpha value is -3.12. The third kappa shape index (κ3) is 3.83. The average molecular weight is 429 g/mol. The molecule has 1 N–H and O–H groups in total. The fraction of sp³-hybridized carbons (Fsp3) is 0.471. The summed E-state index contributed by atoms with van der Waals surface area (Å²) in [5, 5.41) is 10.8. The second-order valence-electron chi connectivity index (χ2n) is 7.03. The molecule has 0 unspecified atom stereocenters. The van der Waals surface area contributed by atoms with Gasteiger partial charge < -0.3 is 5.32 Å². The number of rotatable bonds is 4. The molecule has 0 aromatic carbocycles. The first kappa shape index (κ1) is 20.2. The fourth-order valence-corrected chi connectivity index (χ4v) is 3.67. The van der Waals surface area contributed by atoms with Gasteiger partial charge in [0, 0.05) is 36.6 Å². The van der Waals surface area contributed by atoms with Crippen molar-refractivity contribution in [2.75, 3.05) is 5.32 Å². The summed E-state index contributed by atoms with van der Waals surface area (Å²) < 4.78 is 65.9. The third-order valence-corrected chi connectivity index (χ3v) is 5.07. The summed E-state index contributed by atoms with van der Waals surface area (Å²) in [5.41, 5.74) is -1.81. The van der Waals surface area contributed by atoms with Crippen LogP contribution in [0.4, 0.5) is 27.9 Å². The van der Waals surface area contributed by atoms with Gasteiger partial charge in [0.2, 0.25) is 11.7 Å². The summed E-state index contributed by atoms with van der Waals surface area (Å²) in [4.78, 5) is 19.2. The summed E-state index contributed by atoms with van der Waals surface area (Å²) in [6, 6.07) is 0.884. The maximum absolute atomic E-state index is 13.2. The van der Waals surface area contributed by atoms with Crippen LogP contribution in [0.1, 0.15) is 49.5 Å². The first-order valence-electron chi connectivity index (χ1n) is 9.14. The average Bonchev–Trinajstić information content (AvgIpc) is 3.11. The van der Waals surface area contributed by atoms with E-state index in [1.54, 1.807) is 0 Å². The van der Waals surface area contributed by atoms with E-state index in [0.717, 1.165) is 25.3 Å². The minimum Gasteiger partial charge on any atom is -0.351 e. The normalized spacial score (nSPS) is 20.1. The van der Waals surface area contributed by atoms with Crippen molar-refractivity contribution >= 4 is 11.7 Å². The third-order valence-electron chi connectivity index (χ3n) is 5.07. The number of nitrogens with one attached hydrogen (secondary N) is 1. The Kier molecular flexibility index (Phi) is 5.12. The molecule has 1 saturated carbocycles.